The predicted octanol–water partition coefficient (Wildman–Crippen LogP) is 4.12. The lowest BCUT2D eigenvalue weighted by Gasteiger charge is -2.29. The van der Waals surface area contributed by atoms with Crippen LogP contribution in [0, 0.1) is 5.92 Å². The number of rotatable bonds is 3. The standard InChI is InChI=1S/C19H27N3O/c1-13(23)21(5)15-9-10-17-16(11-15)20-18(19(2,3)4)22(17)12-14-7-6-8-14/h9-11,14H,6-8,12H2,1-5H3. The first-order chi connectivity index (χ1) is 10.8. The first kappa shape index (κ1) is 16.0. The summed E-state index contributed by atoms with van der Waals surface area (Å²) in [6.45, 7) is 9.29. The lowest BCUT2D eigenvalue weighted by atomic mass is 9.85. The SMILES string of the molecule is CC(=O)N(C)c1ccc2c(c1)nc(C(C)(C)C)n2CC1CCC1. The molecule has 4 nitrogen and oxygen atoms in total. The number of amides is 1. The molecule has 0 atom stereocenters. The van der Waals surface area contributed by atoms with Crippen LogP contribution in [0.5, 0.6) is 0 Å². The second-order valence-electron chi connectivity index (χ2n) is 7.84. The van der Waals surface area contributed by atoms with Gasteiger partial charge in [0.25, 0.3) is 0 Å². The van der Waals surface area contributed by atoms with E-state index in [-0.39, 0.29) is 11.3 Å². The van der Waals surface area contributed by atoms with Crippen molar-refractivity contribution in [3.05, 3.63) is 24.0 Å². The van der Waals surface area contributed by atoms with Crippen molar-refractivity contribution in [3.8, 4) is 0 Å². The first-order valence-corrected chi connectivity index (χ1v) is 8.52. The van der Waals surface area contributed by atoms with Crippen molar-refractivity contribution in [1.29, 1.82) is 0 Å². The topological polar surface area (TPSA) is 38.1 Å². The second-order valence-corrected chi connectivity index (χ2v) is 7.84. The molecule has 1 fully saturated rings. The maximum absolute atomic E-state index is 11.6. The highest BCUT2D eigenvalue weighted by molar-refractivity contribution is 5.93. The molecule has 1 aromatic carbocycles. The van der Waals surface area contributed by atoms with Crippen molar-refractivity contribution < 1.29 is 4.79 Å². The van der Waals surface area contributed by atoms with Crippen molar-refractivity contribution in [1.82, 2.24) is 9.55 Å². The number of benzene rings is 1. The molecule has 1 aromatic heterocycles. The van der Waals surface area contributed by atoms with Crippen molar-refractivity contribution in [3.63, 3.8) is 0 Å². The van der Waals surface area contributed by atoms with Crippen LogP contribution >= 0.6 is 0 Å². The highest BCUT2D eigenvalue weighted by Crippen LogP contribution is 2.33. The van der Waals surface area contributed by atoms with Gasteiger partial charge in [-0.25, -0.2) is 4.98 Å². The Hall–Kier alpha value is -1.84. The van der Waals surface area contributed by atoms with Gasteiger partial charge in [-0.1, -0.05) is 27.2 Å². The van der Waals surface area contributed by atoms with Gasteiger partial charge in [0.2, 0.25) is 5.91 Å². The summed E-state index contributed by atoms with van der Waals surface area (Å²) >= 11 is 0. The molecule has 1 aliphatic carbocycles. The zero-order chi connectivity index (χ0) is 16.8. The number of hydrogen-bond acceptors (Lipinski definition) is 2. The minimum atomic E-state index is 0.00933. The zero-order valence-corrected chi connectivity index (χ0v) is 14.9. The van der Waals surface area contributed by atoms with Crippen LogP contribution in [0.4, 0.5) is 5.69 Å². The minimum Gasteiger partial charge on any atom is -0.327 e. The van der Waals surface area contributed by atoms with Crippen LogP contribution < -0.4 is 4.90 Å². The van der Waals surface area contributed by atoms with Gasteiger partial charge in [-0.05, 0) is 37.0 Å². The van der Waals surface area contributed by atoms with Crippen molar-refractivity contribution in [2.45, 2.75) is 58.9 Å². The summed E-state index contributed by atoms with van der Waals surface area (Å²) in [6.07, 6.45) is 4.01. The summed E-state index contributed by atoms with van der Waals surface area (Å²) in [5.41, 5.74) is 3.08. The van der Waals surface area contributed by atoms with Crippen molar-refractivity contribution in [2.75, 3.05) is 11.9 Å². The van der Waals surface area contributed by atoms with Crippen LogP contribution in [0.15, 0.2) is 18.2 Å². The Morgan fingerprint density at radius 1 is 1.35 bits per heavy atom. The molecule has 1 amide bonds. The Bertz CT molecular complexity index is 735. The van der Waals surface area contributed by atoms with Gasteiger partial charge in [-0.2, -0.15) is 0 Å². The van der Waals surface area contributed by atoms with Gasteiger partial charge in [0.15, 0.2) is 0 Å². The van der Waals surface area contributed by atoms with E-state index in [9.17, 15) is 4.79 Å². The predicted molar refractivity (Wildman–Crippen MR) is 94.9 cm³/mol. The van der Waals surface area contributed by atoms with Crippen molar-refractivity contribution >= 4 is 22.6 Å². The van der Waals surface area contributed by atoms with Crippen LogP contribution in [0.25, 0.3) is 11.0 Å². The second kappa shape index (κ2) is 5.66. The minimum absolute atomic E-state index is 0.00933. The summed E-state index contributed by atoms with van der Waals surface area (Å²) in [5.74, 6) is 1.96. The molecular weight excluding hydrogens is 286 g/mol. The Balaban J connectivity index is 2.08. The third kappa shape index (κ3) is 2.99. The largest absolute Gasteiger partial charge is 0.327 e. The van der Waals surface area contributed by atoms with Crippen LogP contribution in [-0.2, 0) is 16.8 Å². The smallest absolute Gasteiger partial charge is 0.223 e. The number of anilines is 1. The summed E-state index contributed by atoms with van der Waals surface area (Å²) in [4.78, 5) is 18.2. The molecular formula is C19H27N3O. The molecule has 1 aliphatic rings. The molecule has 3 rings (SSSR count). The fraction of sp³-hybridized carbons (Fsp3) is 0.579. The van der Waals surface area contributed by atoms with E-state index in [4.69, 9.17) is 4.98 Å². The fourth-order valence-corrected chi connectivity index (χ4v) is 3.20. The fourth-order valence-electron chi connectivity index (χ4n) is 3.20. The molecule has 0 spiro atoms. The van der Waals surface area contributed by atoms with E-state index in [2.05, 4.69) is 31.4 Å². The Kier molecular flexibility index (Phi) is 3.95. The number of hydrogen-bond donors (Lipinski definition) is 0. The number of carbonyl (C=O) groups excluding carboxylic acids is 1. The van der Waals surface area contributed by atoms with Gasteiger partial charge in [0.1, 0.15) is 5.82 Å². The third-order valence-electron chi connectivity index (χ3n) is 4.93. The summed E-state index contributed by atoms with van der Waals surface area (Å²) in [7, 11) is 1.81. The molecule has 23 heavy (non-hydrogen) atoms. The maximum Gasteiger partial charge on any atom is 0.223 e. The Labute approximate surface area is 138 Å². The number of imidazole rings is 1. The van der Waals surface area contributed by atoms with E-state index >= 15 is 0 Å². The van der Waals surface area contributed by atoms with Crippen LogP contribution in [0.2, 0.25) is 0 Å². The number of carbonyl (C=O) groups is 1. The summed E-state index contributed by atoms with van der Waals surface area (Å²) in [6, 6.07) is 6.17. The quantitative estimate of drug-likeness (QED) is 0.855. The van der Waals surface area contributed by atoms with Crippen LogP contribution in [0.1, 0.15) is 52.8 Å². The highest BCUT2D eigenvalue weighted by atomic mass is 16.2. The molecule has 1 heterocycles. The molecule has 0 aliphatic heterocycles. The van der Waals surface area contributed by atoms with Gasteiger partial charge in [0, 0.05) is 31.6 Å². The Morgan fingerprint density at radius 3 is 2.57 bits per heavy atom. The molecule has 0 radical (unpaired) electrons. The molecule has 1 saturated carbocycles. The Morgan fingerprint density at radius 2 is 2.04 bits per heavy atom. The first-order valence-electron chi connectivity index (χ1n) is 8.52. The summed E-state index contributed by atoms with van der Waals surface area (Å²) in [5, 5.41) is 0. The number of aromatic nitrogens is 2. The molecule has 4 heteroatoms. The molecule has 0 bridgehead atoms. The lowest BCUT2D eigenvalue weighted by molar-refractivity contribution is -0.116. The van der Waals surface area contributed by atoms with Gasteiger partial charge in [-0.15, -0.1) is 0 Å². The van der Waals surface area contributed by atoms with Gasteiger partial charge in [-0.3, -0.25) is 4.79 Å². The van der Waals surface area contributed by atoms with Crippen LogP contribution in [0.3, 0.4) is 0 Å². The number of fused-ring (bicyclic) bond motifs is 1. The average Bonchev–Trinajstić information content (AvgIpc) is 2.79. The van der Waals surface area contributed by atoms with E-state index in [0.29, 0.717) is 0 Å². The van der Waals surface area contributed by atoms with E-state index in [1.807, 2.05) is 12.1 Å². The highest BCUT2D eigenvalue weighted by Gasteiger charge is 2.26. The third-order valence-corrected chi connectivity index (χ3v) is 4.93. The maximum atomic E-state index is 11.6. The van der Waals surface area contributed by atoms with Crippen LogP contribution in [-0.4, -0.2) is 22.5 Å². The lowest BCUT2D eigenvalue weighted by Crippen LogP contribution is -2.24. The molecule has 124 valence electrons. The number of nitrogens with zero attached hydrogens (tertiary/aromatic N) is 3. The molecule has 0 saturated heterocycles. The van der Waals surface area contributed by atoms with E-state index in [1.165, 1.54) is 24.8 Å². The van der Waals surface area contributed by atoms with Gasteiger partial charge in [0.05, 0.1) is 11.0 Å². The summed E-state index contributed by atoms with van der Waals surface area (Å²) < 4.78 is 2.40. The molecule has 0 N–H and O–H groups in total. The van der Waals surface area contributed by atoms with Gasteiger partial charge < -0.3 is 9.47 Å². The average molecular weight is 313 g/mol. The zero-order valence-electron chi connectivity index (χ0n) is 14.9. The monoisotopic (exact) mass is 313 g/mol. The van der Waals surface area contributed by atoms with E-state index < -0.39 is 0 Å². The normalized spacial score (nSPS) is 15.7. The molecule has 0 unspecified atom stereocenters. The van der Waals surface area contributed by atoms with Gasteiger partial charge >= 0.3 is 0 Å². The van der Waals surface area contributed by atoms with Crippen molar-refractivity contribution in [2.24, 2.45) is 5.92 Å². The van der Waals surface area contributed by atoms with E-state index in [1.54, 1.807) is 18.9 Å². The van der Waals surface area contributed by atoms with E-state index in [0.717, 1.165) is 29.5 Å². The molecule has 2 aromatic rings.